The molecule has 1 heterocycles. The van der Waals surface area contributed by atoms with Gasteiger partial charge in [0, 0.05) is 11.9 Å². The van der Waals surface area contributed by atoms with E-state index >= 15 is 0 Å². The van der Waals surface area contributed by atoms with E-state index in [0.717, 1.165) is 5.69 Å². The molecule has 0 fully saturated rings. The van der Waals surface area contributed by atoms with Crippen molar-refractivity contribution in [3.63, 3.8) is 0 Å². The van der Waals surface area contributed by atoms with Crippen LogP contribution in [-0.2, 0) is 0 Å². The fourth-order valence-electron chi connectivity index (χ4n) is 2.02. The molecule has 5 nitrogen and oxygen atoms in total. The largest absolute Gasteiger partial charge is 0.475 e. The van der Waals surface area contributed by atoms with Crippen molar-refractivity contribution < 1.29 is 4.74 Å². The van der Waals surface area contributed by atoms with Crippen molar-refractivity contribution in [2.45, 2.75) is 13.8 Å². The Morgan fingerprint density at radius 3 is 2.73 bits per heavy atom. The summed E-state index contributed by atoms with van der Waals surface area (Å²) < 4.78 is 5.44. The van der Waals surface area contributed by atoms with Crippen LogP contribution >= 0.6 is 11.6 Å². The zero-order valence-corrected chi connectivity index (χ0v) is 13.4. The zero-order valence-electron chi connectivity index (χ0n) is 12.6. The topological polar surface area (TPSA) is 72.5 Å². The maximum atomic E-state index is 5.94. The first-order chi connectivity index (χ1) is 10.5. The van der Waals surface area contributed by atoms with Crippen molar-refractivity contribution in [1.82, 2.24) is 4.98 Å². The number of pyridine rings is 1. The van der Waals surface area contributed by atoms with E-state index < -0.39 is 0 Å². The number of hydrogen-bond acceptors (Lipinski definition) is 3. The van der Waals surface area contributed by atoms with E-state index in [1.807, 2.05) is 26.0 Å². The van der Waals surface area contributed by atoms with Gasteiger partial charge >= 0.3 is 0 Å². The minimum absolute atomic E-state index is 0.348. The molecule has 6 heteroatoms. The normalized spacial score (nSPS) is 11.3. The second-order valence-corrected chi connectivity index (χ2v) is 5.31. The lowest BCUT2D eigenvalue weighted by Gasteiger charge is -2.08. The Bertz CT molecular complexity index is 653. The predicted octanol–water partition coefficient (Wildman–Crippen LogP) is 3.16. The lowest BCUT2D eigenvalue weighted by Crippen LogP contribution is -2.23. The average molecular weight is 319 g/mol. The molecule has 0 amide bonds. The maximum absolute atomic E-state index is 5.94. The van der Waals surface area contributed by atoms with E-state index in [1.54, 1.807) is 18.3 Å². The zero-order chi connectivity index (χ0) is 15.9. The van der Waals surface area contributed by atoms with Gasteiger partial charge in [-0.25, -0.2) is 9.98 Å². The van der Waals surface area contributed by atoms with Gasteiger partial charge in [0.1, 0.15) is 11.6 Å². The number of nitrogens with zero attached hydrogens (tertiary/aromatic N) is 2. The SMILES string of the molecule is Cc1cc(C)cc(NC(N)=NCCOc2ncccc2Cl)c1. The quantitative estimate of drug-likeness (QED) is 0.504. The Labute approximate surface area is 135 Å². The molecule has 0 aliphatic carbocycles. The molecule has 0 aliphatic rings. The number of aliphatic imine (C=N–C) groups is 1. The van der Waals surface area contributed by atoms with Crippen LogP contribution in [0.4, 0.5) is 5.69 Å². The van der Waals surface area contributed by atoms with Crippen LogP contribution in [0.5, 0.6) is 5.88 Å². The summed E-state index contributed by atoms with van der Waals surface area (Å²) in [6, 6.07) is 9.60. The van der Waals surface area contributed by atoms with Gasteiger partial charge in [0.25, 0.3) is 0 Å². The van der Waals surface area contributed by atoms with E-state index in [2.05, 4.69) is 21.4 Å². The number of anilines is 1. The van der Waals surface area contributed by atoms with Crippen LogP contribution in [-0.4, -0.2) is 24.1 Å². The molecular formula is C16H19ClN4O. The number of ether oxygens (including phenoxy) is 1. The van der Waals surface area contributed by atoms with E-state index in [9.17, 15) is 0 Å². The number of nitrogens with one attached hydrogen (secondary N) is 1. The number of aryl methyl sites for hydroxylation is 2. The fraction of sp³-hybridized carbons (Fsp3) is 0.250. The third-order valence-corrected chi connectivity index (χ3v) is 3.12. The molecule has 2 aromatic rings. The fourth-order valence-corrected chi connectivity index (χ4v) is 2.20. The molecule has 3 N–H and O–H groups in total. The third kappa shape index (κ3) is 4.93. The minimum atomic E-state index is 0.348. The van der Waals surface area contributed by atoms with Gasteiger partial charge in [-0.1, -0.05) is 17.7 Å². The Morgan fingerprint density at radius 1 is 1.32 bits per heavy atom. The first kappa shape index (κ1) is 16.1. The summed E-state index contributed by atoms with van der Waals surface area (Å²) in [7, 11) is 0. The van der Waals surface area contributed by atoms with Crippen molar-refractivity contribution in [3.8, 4) is 5.88 Å². The lowest BCUT2D eigenvalue weighted by atomic mass is 10.1. The van der Waals surface area contributed by atoms with Crippen LogP contribution < -0.4 is 15.8 Å². The summed E-state index contributed by atoms with van der Waals surface area (Å²) in [6.07, 6.45) is 1.63. The van der Waals surface area contributed by atoms with E-state index in [-0.39, 0.29) is 0 Å². The Kier molecular flexibility index (Phi) is 5.61. The first-order valence-corrected chi connectivity index (χ1v) is 7.31. The van der Waals surface area contributed by atoms with E-state index in [0.29, 0.717) is 30.0 Å². The first-order valence-electron chi connectivity index (χ1n) is 6.93. The minimum Gasteiger partial charge on any atom is -0.475 e. The van der Waals surface area contributed by atoms with Crippen LogP contribution in [0.3, 0.4) is 0 Å². The standard InChI is InChI=1S/C16H19ClN4O/c1-11-8-12(2)10-13(9-11)21-16(18)20-6-7-22-15-14(17)4-3-5-19-15/h3-5,8-10H,6-7H2,1-2H3,(H3,18,20,21). The van der Waals surface area contributed by atoms with Gasteiger partial charge in [0.15, 0.2) is 5.96 Å². The van der Waals surface area contributed by atoms with Crippen molar-refractivity contribution in [1.29, 1.82) is 0 Å². The number of aromatic nitrogens is 1. The molecule has 0 spiro atoms. The average Bonchev–Trinajstić information content (AvgIpc) is 2.44. The van der Waals surface area contributed by atoms with Crippen LogP contribution in [0.15, 0.2) is 41.5 Å². The number of benzene rings is 1. The highest BCUT2D eigenvalue weighted by molar-refractivity contribution is 6.31. The molecule has 0 saturated heterocycles. The molecule has 0 bridgehead atoms. The molecular weight excluding hydrogens is 300 g/mol. The number of hydrogen-bond donors (Lipinski definition) is 2. The monoisotopic (exact) mass is 318 g/mol. The lowest BCUT2D eigenvalue weighted by molar-refractivity contribution is 0.316. The number of nitrogens with two attached hydrogens (primary N) is 1. The van der Waals surface area contributed by atoms with Gasteiger partial charge < -0.3 is 15.8 Å². The van der Waals surface area contributed by atoms with Crippen LogP contribution in [0.2, 0.25) is 5.02 Å². The summed E-state index contributed by atoms with van der Waals surface area (Å²) in [5.74, 6) is 0.751. The van der Waals surface area contributed by atoms with Crippen LogP contribution in [0.25, 0.3) is 0 Å². The summed E-state index contributed by atoms with van der Waals surface area (Å²) in [5, 5.41) is 3.54. The smallest absolute Gasteiger partial charge is 0.232 e. The second kappa shape index (κ2) is 7.66. The van der Waals surface area contributed by atoms with Crippen LogP contribution in [0.1, 0.15) is 11.1 Å². The van der Waals surface area contributed by atoms with Gasteiger partial charge in [-0.3, -0.25) is 0 Å². The van der Waals surface area contributed by atoms with Gasteiger partial charge in [-0.2, -0.15) is 0 Å². The maximum Gasteiger partial charge on any atom is 0.232 e. The predicted molar refractivity (Wildman–Crippen MR) is 90.8 cm³/mol. The molecule has 1 aromatic carbocycles. The van der Waals surface area contributed by atoms with E-state index in [1.165, 1.54) is 11.1 Å². The molecule has 0 aliphatic heterocycles. The van der Waals surface area contributed by atoms with E-state index in [4.69, 9.17) is 22.1 Å². The molecule has 1 aromatic heterocycles. The highest BCUT2D eigenvalue weighted by Crippen LogP contribution is 2.19. The number of rotatable bonds is 5. The highest BCUT2D eigenvalue weighted by Gasteiger charge is 2.01. The highest BCUT2D eigenvalue weighted by atomic mass is 35.5. The summed E-state index contributed by atoms with van der Waals surface area (Å²) in [5.41, 5.74) is 9.12. The Hall–Kier alpha value is -2.27. The molecule has 0 unspecified atom stereocenters. The van der Waals surface area contributed by atoms with Crippen molar-refractivity contribution in [3.05, 3.63) is 52.7 Å². The van der Waals surface area contributed by atoms with Gasteiger partial charge in [0.05, 0.1) is 6.54 Å². The van der Waals surface area contributed by atoms with Crippen molar-refractivity contribution >= 4 is 23.2 Å². The van der Waals surface area contributed by atoms with Crippen LogP contribution in [0, 0.1) is 13.8 Å². The van der Waals surface area contributed by atoms with Gasteiger partial charge in [-0.05, 0) is 49.2 Å². The number of guanidine groups is 1. The van der Waals surface area contributed by atoms with Crippen molar-refractivity contribution in [2.24, 2.45) is 10.7 Å². The summed E-state index contributed by atoms with van der Waals surface area (Å²) in [6.45, 7) is 4.84. The molecule has 0 saturated carbocycles. The Balaban J connectivity index is 1.84. The molecule has 0 atom stereocenters. The summed E-state index contributed by atoms with van der Waals surface area (Å²) >= 11 is 5.94. The molecule has 0 radical (unpaired) electrons. The summed E-state index contributed by atoms with van der Waals surface area (Å²) in [4.78, 5) is 8.24. The third-order valence-electron chi connectivity index (χ3n) is 2.83. The molecule has 22 heavy (non-hydrogen) atoms. The van der Waals surface area contributed by atoms with Crippen molar-refractivity contribution in [2.75, 3.05) is 18.5 Å². The molecule has 116 valence electrons. The number of halogens is 1. The second-order valence-electron chi connectivity index (χ2n) is 4.91. The molecule has 2 rings (SSSR count). The van der Waals surface area contributed by atoms with Gasteiger partial charge in [-0.15, -0.1) is 0 Å². The Morgan fingerprint density at radius 2 is 2.05 bits per heavy atom. The van der Waals surface area contributed by atoms with Gasteiger partial charge in [0.2, 0.25) is 5.88 Å².